The van der Waals surface area contributed by atoms with Crippen LogP contribution in [0.5, 0.6) is 0 Å². The van der Waals surface area contributed by atoms with E-state index in [1.54, 1.807) is 11.6 Å². The van der Waals surface area contributed by atoms with Crippen LogP contribution in [0.4, 0.5) is 5.95 Å². The zero-order valence-electron chi connectivity index (χ0n) is 15.2. The molecule has 2 aromatic rings. The van der Waals surface area contributed by atoms with E-state index in [-0.39, 0.29) is 11.4 Å². The molecular formula is C18H23N5O2. The average Bonchev–Trinajstić information content (AvgIpc) is 3.00. The van der Waals surface area contributed by atoms with Crippen LogP contribution in [-0.4, -0.2) is 32.8 Å². The second-order valence-electron chi connectivity index (χ2n) is 7.11. The Morgan fingerprint density at radius 1 is 1.28 bits per heavy atom. The van der Waals surface area contributed by atoms with Crippen LogP contribution in [0.2, 0.25) is 0 Å². The normalized spacial score (nSPS) is 17.1. The molecule has 0 bridgehead atoms. The Bertz CT molecular complexity index is 815. The number of allylic oxidation sites excluding steroid dienone is 1. The van der Waals surface area contributed by atoms with Crippen molar-refractivity contribution in [3.63, 3.8) is 0 Å². The van der Waals surface area contributed by atoms with E-state index in [1.165, 1.54) is 5.56 Å². The molecule has 1 aromatic heterocycles. The number of hydrogen-bond donors (Lipinski definition) is 1. The highest BCUT2D eigenvalue weighted by molar-refractivity contribution is 5.92. The molecule has 1 aromatic carbocycles. The number of ether oxygens (including phenoxy) is 1. The van der Waals surface area contributed by atoms with Gasteiger partial charge in [-0.1, -0.05) is 50.1 Å². The van der Waals surface area contributed by atoms with Gasteiger partial charge in [0.15, 0.2) is 0 Å². The number of hydrogen-bond acceptors (Lipinski definition) is 6. The molecule has 7 heteroatoms. The van der Waals surface area contributed by atoms with Gasteiger partial charge in [-0.05, 0) is 40.8 Å². The van der Waals surface area contributed by atoms with E-state index in [2.05, 4.69) is 53.7 Å². The molecule has 25 heavy (non-hydrogen) atoms. The first-order valence-corrected chi connectivity index (χ1v) is 8.36. The Labute approximate surface area is 147 Å². The third-order valence-corrected chi connectivity index (χ3v) is 4.30. The second-order valence-corrected chi connectivity index (χ2v) is 7.11. The Morgan fingerprint density at radius 2 is 1.96 bits per heavy atom. The quantitative estimate of drug-likeness (QED) is 0.865. The Kier molecular flexibility index (Phi) is 4.32. The van der Waals surface area contributed by atoms with Crippen LogP contribution in [0.3, 0.4) is 0 Å². The maximum Gasteiger partial charge on any atom is 0.338 e. The van der Waals surface area contributed by atoms with Crippen LogP contribution in [0.1, 0.15) is 51.8 Å². The molecule has 7 nitrogen and oxygen atoms in total. The Balaban J connectivity index is 2.08. The number of fused-ring (bicyclic) bond motifs is 1. The molecule has 0 radical (unpaired) electrons. The van der Waals surface area contributed by atoms with Crippen molar-refractivity contribution < 1.29 is 9.53 Å². The van der Waals surface area contributed by atoms with E-state index in [1.807, 2.05) is 19.1 Å². The fraction of sp³-hybridized carbons (Fsp3) is 0.444. The number of esters is 1. The molecule has 1 atom stereocenters. The summed E-state index contributed by atoms with van der Waals surface area (Å²) in [7, 11) is 0. The average molecular weight is 341 g/mol. The summed E-state index contributed by atoms with van der Waals surface area (Å²) >= 11 is 0. The highest BCUT2D eigenvalue weighted by Crippen LogP contribution is 2.35. The number of carbonyl (C=O) groups is 1. The van der Waals surface area contributed by atoms with Crippen molar-refractivity contribution in [3.05, 3.63) is 46.7 Å². The Morgan fingerprint density at radius 3 is 2.56 bits per heavy atom. The first kappa shape index (κ1) is 17.1. The molecule has 0 spiro atoms. The fourth-order valence-electron chi connectivity index (χ4n) is 2.96. The highest BCUT2D eigenvalue weighted by atomic mass is 16.5. The number of carbonyl (C=O) groups excluding carboxylic acids is 1. The summed E-state index contributed by atoms with van der Waals surface area (Å²) in [6.45, 7) is 10.4. The van der Waals surface area contributed by atoms with Crippen molar-refractivity contribution in [2.75, 3.05) is 11.9 Å². The maximum absolute atomic E-state index is 12.5. The minimum atomic E-state index is -0.417. The zero-order valence-corrected chi connectivity index (χ0v) is 15.2. The molecular weight excluding hydrogens is 318 g/mol. The molecule has 0 aliphatic carbocycles. The third-order valence-electron chi connectivity index (χ3n) is 4.30. The standard InChI is InChI=1S/C18H23N5O2/c1-6-25-16(24)14-11(2)19-17-20-21-22-23(17)15(14)12-7-9-13(10-8-12)18(3,4)5/h7-10,15H,6H2,1-5H3,(H,19,20,22). The first-order chi connectivity index (χ1) is 11.8. The van der Waals surface area contributed by atoms with Gasteiger partial charge >= 0.3 is 5.97 Å². The summed E-state index contributed by atoms with van der Waals surface area (Å²) in [6.07, 6.45) is 0. The predicted octanol–water partition coefficient (Wildman–Crippen LogP) is 2.82. The van der Waals surface area contributed by atoms with Crippen molar-refractivity contribution in [3.8, 4) is 0 Å². The fourth-order valence-corrected chi connectivity index (χ4v) is 2.96. The number of tetrazole rings is 1. The lowest BCUT2D eigenvalue weighted by atomic mass is 9.85. The number of anilines is 1. The largest absolute Gasteiger partial charge is 0.463 e. The van der Waals surface area contributed by atoms with Crippen molar-refractivity contribution in [1.29, 1.82) is 0 Å². The summed E-state index contributed by atoms with van der Waals surface area (Å²) in [5, 5.41) is 14.9. The first-order valence-electron chi connectivity index (χ1n) is 8.36. The molecule has 0 fully saturated rings. The van der Waals surface area contributed by atoms with Gasteiger partial charge in [0.05, 0.1) is 12.2 Å². The summed E-state index contributed by atoms with van der Waals surface area (Å²) < 4.78 is 6.87. The monoisotopic (exact) mass is 341 g/mol. The second kappa shape index (κ2) is 6.31. The predicted molar refractivity (Wildman–Crippen MR) is 94.1 cm³/mol. The van der Waals surface area contributed by atoms with E-state index in [0.717, 1.165) is 5.56 Å². The lowest BCUT2D eigenvalue weighted by molar-refractivity contribution is -0.139. The smallest absolute Gasteiger partial charge is 0.338 e. The van der Waals surface area contributed by atoms with Crippen molar-refractivity contribution in [2.45, 2.75) is 46.1 Å². The molecule has 1 N–H and O–H groups in total. The molecule has 1 aliphatic rings. The van der Waals surface area contributed by atoms with Crippen LogP contribution in [0.15, 0.2) is 35.5 Å². The van der Waals surface area contributed by atoms with E-state index >= 15 is 0 Å². The molecule has 3 rings (SSSR count). The third kappa shape index (κ3) is 3.14. The lowest BCUT2D eigenvalue weighted by Gasteiger charge is -2.28. The minimum absolute atomic E-state index is 0.0579. The molecule has 1 aliphatic heterocycles. The van der Waals surface area contributed by atoms with Gasteiger partial charge < -0.3 is 10.1 Å². The van der Waals surface area contributed by atoms with Crippen molar-refractivity contribution in [2.24, 2.45) is 0 Å². The highest BCUT2D eigenvalue weighted by Gasteiger charge is 2.34. The van der Waals surface area contributed by atoms with Gasteiger partial charge in [-0.15, -0.1) is 0 Å². The van der Waals surface area contributed by atoms with E-state index in [0.29, 0.717) is 23.8 Å². The zero-order chi connectivity index (χ0) is 18.2. The van der Waals surface area contributed by atoms with Gasteiger partial charge in [0.25, 0.3) is 0 Å². The van der Waals surface area contributed by atoms with Crippen molar-refractivity contribution >= 4 is 11.9 Å². The summed E-state index contributed by atoms with van der Waals surface area (Å²) in [6, 6.07) is 7.79. The van der Waals surface area contributed by atoms with Crippen LogP contribution >= 0.6 is 0 Å². The van der Waals surface area contributed by atoms with Gasteiger partial charge in [-0.2, -0.15) is 4.68 Å². The van der Waals surface area contributed by atoms with Gasteiger partial charge in [0, 0.05) is 5.70 Å². The van der Waals surface area contributed by atoms with Crippen molar-refractivity contribution in [1.82, 2.24) is 20.2 Å². The number of nitrogens with one attached hydrogen (secondary N) is 1. The van der Waals surface area contributed by atoms with Crippen LogP contribution < -0.4 is 5.32 Å². The van der Waals surface area contributed by atoms with E-state index in [4.69, 9.17) is 4.74 Å². The maximum atomic E-state index is 12.5. The SMILES string of the molecule is CCOC(=O)C1=C(C)Nc2nnnn2C1c1ccc(C(C)(C)C)cc1. The molecule has 1 unspecified atom stereocenters. The number of nitrogens with zero attached hydrogens (tertiary/aromatic N) is 4. The molecule has 0 amide bonds. The summed E-state index contributed by atoms with van der Waals surface area (Å²) in [5.74, 6) is 0.147. The number of aromatic nitrogens is 4. The van der Waals surface area contributed by atoms with Gasteiger partial charge in [0.2, 0.25) is 5.95 Å². The lowest BCUT2D eigenvalue weighted by Crippen LogP contribution is -2.29. The van der Waals surface area contributed by atoms with Gasteiger partial charge in [-0.25, -0.2) is 4.79 Å². The van der Waals surface area contributed by atoms with E-state index in [9.17, 15) is 4.79 Å². The minimum Gasteiger partial charge on any atom is -0.463 e. The number of rotatable bonds is 3. The van der Waals surface area contributed by atoms with Crippen LogP contribution in [0.25, 0.3) is 0 Å². The molecule has 2 heterocycles. The summed E-state index contributed by atoms with van der Waals surface area (Å²) in [4.78, 5) is 12.5. The van der Waals surface area contributed by atoms with E-state index < -0.39 is 6.04 Å². The Hall–Kier alpha value is -2.70. The summed E-state index contributed by atoms with van der Waals surface area (Å²) in [5.41, 5.74) is 3.43. The molecule has 0 saturated carbocycles. The van der Waals surface area contributed by atoms with Crippen LogP contribution in [-0.2, 0) is 14.9 Å². The molecule has 0 saturated heterocycles. The topological polar surface area (TPSA) is 81.9 Å². The van der Waals surface area contributed by atoms with Crippen LogP contribution in [0, 0.1) is 0 Å². The number of benzene rings is 1. The molecule has 132 valence electrons. The van der Waals surface area contributed by atoms with Gasteiger partial charge in [0.1, 0.15) is 6.04 Å². The van der Waals surface area contributed by atoms with Gasteiger partial charge in [-0.3, -0.25) is 0 Å².